The second-order valence-corrected chi connectivity index (χ2v) is 11.8. The van der Waals surface area contributed by atoms with Crippen molar-refractivity contribution in [2.75, 3.05) is 17.9 Å². The maximum atomic E-state index is 12.6. The van der Waals surface area contributed by atoms with Gasteiger partial charge in [-0.25, -0.2) is 18.0 Å². The molecule has 0 atom stereocenters. The monoisotopic (exact) mass is 558 g/mol. The van der Waals surface area contributed by atoms with Crippen molar-refractivity contribution in [1.29, 1.82) is 0 Å². The van der Waals surface area contributed by atoms with Crippen LogP contribution in [0.1, 0.15) is 37.6 Å². The van der Waals surface area contributed by atoms with Crippen LogP contribution < -0.4 is 10.0 Å². The molecule has 9 nitrogen and oxygen atoms in total. The molecule has 0 unspecified atom stereocenters. The normalized spacial score (nSPS) is 11.7. The molecule has 14 heteroatoms. The van der Waals surface area contributed by atoms with Crippen molar-refractivity contribution in [3.8, 4) is 5.75 Å². The molecule has 2 rings (SSSR count). The number of rotatable bonds is 8. The van der Waals surface area contributed by atoms with Crippen molar-refractivity contribution in [1.82, 2.24) is 5.32 Å². The molecular weight excluding hydrogens is 539 g/mol. The summed E-state index contributed by atoms with van der Waals surface area (Å²) in [6, 6.07) is 3.49. The van der Waals surface area contributed by atoms with Crippen LogP contribution in [0.15, 0.2) is 23.1 Å². The van der Waals surface area contributed by atoms with Crippen molar-refractivity contribution in [2.45, 2.75) is 37.7 Å². The Labute approximate surface area is 210 Å². The standard InChI is InChI=1S/C19H21Cl3N2O7S2/c1-19(2,3)31-18(27)23-7-4-8-30-17(26)11-6-5-10(9-12(11)25)24-33(28,29)14-13(20)15(21)32-16(14)22/h5-6,9,24-25H,4,7-8H2,1-3H3,(H,23,27). The van der Waals surface area contributed by atoms with E-state index in [0.717, 1.165) is 17.4 Å². The summed E-state index contributed by atoms with van der Waals surface area (Å²) in [6.07, 6.45) is -0.272. The van der Waals surface area contributed by atoms with Gasteiger partial charge in [0, 0.05) is 12.6 Å². The van der Waals surface area contributed by atoms with Crippen molar-refractivity contribution in [3.63, 3.8) is 0 Å². The third kappa shape index (κ3) is 7.82. The van der Waals surface area contributed by atoms with Crippen molar-refractivity contribution in [2.24, 2.45) is 0 Å². The Morgan fingerprint density at radius 1 is 1.15 bits per heavy atom. The largest absolute Gasteiger partial charge is 0.507 e. The molecule has 1 aromatic carbocycles. The number of amides is 1. The Morgan fingerprint density at radius 2 is 1.82 bits per heavy atom. The van der Waals surface area contributed by atoms with Gasteiger partial charge >= 0.3 is 12.1 Å². The van der Waals surface area contributed by atoms with E-state index in [1.165, 1.54) is 12.1 Å². The van der Waals surface area contributed by atoms with Gasteiger partial charge in [-0.2, -0.15) is 0 Å². The zero-order chi connectivity index (χ0) is 25.0. The van der Waals surface area contributed by atoms with Crippen LogP contribution in [-0.2, 0) is 19.5 Å². The molecule has 0 saturated carbocycles. The predicted molar refractivity (Wildman–Crippen MR) is 127 cm³/mol. The van der Waals surface area contributed by atoms with Gasteiger partial charge in [0.1, 0.15) is 30.5 Å². The number of anilines is 1. The molecule has 0 aliphatic carbocycles. The lowest BCUT2D eigenvalue weighted by Crippen LogP contribution is -2.33. The van der Waals surface area contributed by atoms with Crippen LogP contribution in [0.4, 0.5) is 10.5 Å². The lowest BCUT2D eigenvalue weighted by atomic mass is 10.2. The number of carbonyl (C=O) groups is 2. The Kier molecular flexibility index (Phi) is 9.11. The second-order valence-electron chi connectivity index (χ2n) is 7.55. The van der Waals surface area contributed by atoms with Crippen LogP contribution in [0.3, 0.4) is 0 Å². The van der Waals surface area contributed by atoms with Crippen molar-refractivity contribution >= 4 is 73.9 Å². The van der Waals surface area contributed by atoms with Crippen LogP contribution in [0.25, 0.3) is 0 Å². The molecule has 1 aromatic heterocycles. The number of halogens is 3. The number of sulfonamides is 1. The number of alkyl carbamates (subject to hydrolysis) is 1. The zero-order valence-electron chi connectivity index (χ0n) is 17.7. The minimum Gasteiger partial charge on any atom is -0.507 e. The number of phenolic OH excluding ortho intramolecular Hbond substituents is 1. The number of esters is 1. The van der Waals surface area contributed by atoms with E-state index in [1.807, 2.05) is 0 Å². The van der Waals surface area contributed by atoms with Gasteiger partial charge in [-0.1, -0.05) is 34.8 Å². The zero-order valence-corrected chi connectivity index (χ0v) is 21.6. The van der Waals surface area contributed by atoms with Gasteiger partial charge in [0.25, 0.3) is 10.0 Å². The lowest BCUT2D eigenvalue weighted by molar-refractivity contribution is 0.0481. The van der Waals surface area contributed by atoms with Crippen molar-refractivity contribution < 1.29 is 32.6 Å². The highest BCUT2D eigenvalue weighted by Crippen LogP contribution is 2.43. The third-order valence-corrected chi connectivity index (χ3v) is 7.69. The summed E-state index contributed by atoms with van der Waals surface area (Å²) < 4.78 is 37.4. The van der Waals surface area contributed by atoms with Crippen LogP contribution in [0, 0.1) is 0 Å². The molecule has 0 aliphatic rings. The first-order valence-corrected chi connectivity index (χ1v) is 12.8. The summed E-state index contributed by atoms with van der Waals surface area (Å²) in [4.78, 5) is 23.3. The van der Waals surface area contributed by atoms with Gasteiger partial charge in [0.15, 0.2) is 0 Å². The first-order chi connectivity index (χ1) is 15.2. The van der Waals surface area contributed by atoms with Gasteiger partial charge in [-0.3, -0.25) is 4.72 Å². The van der Waals surface area contributed by atoms with E-state index in [9.17, 15) is 23.1 Å². The van der Waals surface area contributed by atoms with Gasteiger partial charge in [0.2, 0.25) is 0 Å². The van der Waals surface area contributed by atoms with E-state index in [4.69, 9.17) is 44.3 Å². The number of phenols is 1. The van der Waals surface area contributed by atoms with E-state index in [-0.39, 0.29) is 43.0 Å². The van der Waals surface area contributed by atoms with Crippen LogP contribution in [0.5, 0.6) is 5.75 Å². The maximum absolute atomic E-state index is 12.6. The number of carbonyl (C=O) groups excluding carboxylic acids is 2. The molecule has 2 aromatic rings. The second kappa shape index (κ2) is 11.0. The van der Waals surface area contributed by atoms with E-state index in [2.05, 4.69) is 10.0 Å². The van der Waals surface area contributed by atoms with Crippen LogP contribution in [-0.4, -0.2) is 44.3 Å². The summed E-state index contributed by atoms with van der Waals surface area (Å²) in [5, 5.41) is 12.5. The van der Waals surface area contributed by atoms with Gasteiger partial charge in [0.05, 0.1) is 17.3 Å². The number of benzene rings is 1. The molecule has 0 radical (unpaired) electrons. The smallest absolute Gasteiger partial charge is 0.407 e. The molecule has 3 N–H and O–H groups in total. The number of hydrogen-bond acceptors (Lipinski definition) is 8. The molecule has 0 saturated heterocycles. The van der Waals surface area contributed by atoms with Crippen LogP contribution >= 0.6 is 46.1 Å². The number of hydrogen-bond donors (Lipinski definition) is 3. The number of nitrogens with one attached hydrogen (secondary N) is 2. The topological polar surface area (TPSA) is 131 Å². The molecule has 1 amide bonds. The Balaban J connectivity index is 1.93. The first kappa shape index (κ1) is 27.3. The predicted octanol–water partition coefficient (Wildman–Crippen LogP) is 5.29. The fourth-order valence-electron chi connectivity index (χ4n) is 2.36. The molecule has 1 heterocycles. The first-order valence-electron chi connectivity index (χ1n) is 9.34. The Hall–Kier alpha value is -1.92. The number of ether oxygens (including phenoxy) is 2. The van der Waals surface area contributed by atoms with Gasteiger partial charge in [-0.05, 0) is 39.3 Å². The summed E-state index contributed by atoms with van der Waals surface area (Å²) >= 11 is 18.4. The SMILES string of the molecule is CC(C)(C)OC(=O)NCCCOC(=O)c1ccc(NS(=O)(=O)c2c(Cl)sc(Cl)c2Cl)cc1O. The molecule has 0 bridgehead atoms. The minimum atomic E-state index is -4.20. The maximum Gasteiger partial charge on any atom is 0.407 e. The number of thiophene rings is 1. The third-order valence-electron chi connectivity index (χ3n) is 3.69. The van der Waals surface area contributed by atoms with Crippen molar-refractivity contribution in [3.05, 3.63) is 37.5 Å². The Bertz CT molecular complexity index is 1140. The average Bonchev–Trinajstić information content (AvgIpc) is 2.91. The van der Waals surface area contributed by atoms with E-state index < -0.39 is 33.4 Å². The molecule has 33 heavy (non-hydrogen) atoms. The number of aromatic hydroxyl groups is 1. The van der Waals surface area contributed by atoms with Crippen LogP contribution in [0.2, 0.25) is 13.7 Å². The molecule has 0 aliphatic heterocycles. The molecular formula is C19H21Cl3N2O7S2. The van der Waals surface area contributed by atoms with Gasteiger partial charge < -0.3 is 19.9 Å². The summed E-state index contributed by atoms with van der Waals surface area (Å²) in [7, 11) is -4.20. The summed E-state index contributed by atoms with van der Waals surface area (Å²) in [5.74, 6) is -1.33. The summed E-state index contributed by atoms with van der Waals surface area (Å²) in [5.41, 5.74) is -0.836. The van der Waals surface area contributed by atoms with E-state index >= 15 is 0 Å². The highest BCUT2D eigenvalue weighted by molar-refractivity contribution is 7.93. The average molecular weight is 560 g/mol. The molecule has 0 fully saturated rings. The van der Waals surface area contributed by atoms with E-state index in [0.29, 0.717) is 6.42 Å². The minimum absolute atomic E-state index is 0.0178. The fraction of sp³-hybridized carbons (Fsp3) is 0.368. The van der Waals surface area contributed by atoms with E-state index in [1.54, 1.807) is 20.8 Å². The highest BCUT2D eigenvalue weighted by Gasteiger charge is 2.27. The summed E-state index contributed by atoms with van der Waals surface area (Å²) in [6.45, 7) is 5.39. The lowest BCUT2D eigenvalue weighted by Gasteiger charge is -2.19. The Morgan fingerprint density at radius 3 is 2.36 bits per heavy atom. The highest BCUT2D eigenvalue weighted by atomic mass is 35.5. The quantitative estimate of drug-likeness (QED) is 0.296. The fourth-order valence-corrected chi connectivity index (χ4v) is 6.26. The van der Waals surface area contributed by atoms with Gasteiger partial charge in [-0.15, -0.1) is 11.3 Å². The molecule has 182 valence electrons. The molecule has 0 spiro atoms.